The molecule has 0 aliphatic rings. The van der Waals surface area contributed by atoms with Gasteiger partial charge in [0.1, 0.15) is 16.5 Å². The molecular formula is C21H18ClNO6. The molecule has 0 radical (unpaired) electrons. The molecule has 0 spiro atoms. The molecule has 0 saturated heterocycles. The lowest BCUT2D eigenvalue weighted by atomic mass is 10.0. The molecular weight excluding hydrogens is 398 g/mol. The third-order valence-electron chi connectivity index (χ3n) is 4.28. The average Bonchev–Trinajstić information content (AvgIpc) is 2.67. The highest BCUT2D eigenvalue weighted by Crippen LogP contribution is 2.37. The standard InChI is InChI=1S/C21H18ClNO6/c1-10(2)3-4-11-9-12(5-7-14(11)24)20(27)23-17-18(26)13-6-8-15(25)16(22)19(13)29-21(17)28/h3,5-9,24-26H,4H2,1-2H3,(H,23,27). The summed E-state index contributed by atoms with van der Waals surface area (Å²) in [4.78, 5) is 24.9. The SMILES string of the molecule is CC(C)=CCc1cc(C(=O)Nc2c(O)c3ccc(O)c(Cl)c3oc2=O)ccc1O. The number of halogens is 1. The average molecular weight is 416 g/mol. The highest BCUT2D eigenvalue weighted by Gasteiger charge is 2.20. The Bertz CT molecular complexity index is 1210. The molecule has 29 heavy (non-hydrogen) atoms. The van der Waals surface area contributed by atoms with Crippen LogP contribution in [0.25, 0.3) is 11.0 Å². The van der Waals surface area contributed by atoms with E-state index in [1.807, 2.05) is 19.9 Å². The van der Waals surface area contributed by atoms with Crippen molar-refractivity contribution in [1.82, 2.24) is 0 Å². The second kappa shape index (κ2) is 7.89. The van der Waals surface area contributed by atoms with Crippen LogP contribution >= 0.6 is 11.6 Å². The number of benzene rings is 2. The van der Waals surface area contributed by atoms with Crippen LogP contribution in [0, 0.1) is 0 Å². The number of carbonyl (C=O) groups is 1. The van der Waals surface area contributed by atoms with Crippen molar-refractivity contribution < 1.29 is 24.5 Å². The molecule has 4 N–H and O–H groups in total. The molecule has 0 bridgehead atoms. The molecule has 0 atom stereocenters. The highest BCUT2D eigenvalue weighted by molar-refractivity contribution is 6.36. The Morgan fingerprint density at radius 1 is 1.14 bits per heavy atom. The maximum atomic E-state index is 12.6. The van der Waals surface area contributed by atoms with Crippen molar-refractivity contribution in [3.05, 3.63) is 68.6 Å². The Morgan fingerprint density at radius 3 is 2.52 bits per heavy atom. The summed E-state index contributed by atoms with van der Waals surface area (Å²) < 4.78 is 5.06. The number of allylic oxidation sites excluding steroid dienone is 2. The first-order chi connectivity index (χ1) is 13.7. The summed E-state index contributed by atoms with van der Waals surface area (Å²) in [5, 5.41) is 32.2. The zero-order valence-corrected chi connectivity index (χ0v) is 16.4. The van der Waals surface area contributed by atoms with Gasteiger partial charge in [0, 0.05) is 5.56 Å². The van der Waals surface area contributed by atoms with E-state index in [0.717, 1.165) is 5.57 Å². The lowest BCUT2D eigenvalue weighted by Gasteiger charge is -2.10. The third kappa shape index (κ3) is 4.05. The van der Waals surface area contributed by atoms with E-state index < -0.39 is 23.0 Å². The molecule has 0 saturated carbocycles. The molecule has 0 aliphatic carbocycles. The van der Waals surface area contributed by atoms with Gasteiger partial charge in [0.15, 0.2) is 17.0 Å². The van der Waals surface area contributed by atoms with Gasteiger partial charge in [-0.05, 0) is 56.2 Å². The van der Waals surface area contributed by atoms with Gasteiger partial charge < -0.3 is 25.1 Å². The summed E-state index contributed by atoms with van der Waals surface area (Å²) >= 11 is 5.90. The van der Waals surface area contributed by atoms with Crippen LogP contribution in [-0.2, 0) is 6.42 Å². The molecule has 0 fully saturated rings. The minimum absolute atomic E-state index is 0.0431. The number of hydrogen-bond donors (Lipinski definition) is 4. The molecule has 8 heteroatoms. The van der Waals surface area contributed by atoms with E-state index >= 15 is 0 Å². The summed E-state index contributed by atoms with van der Waals surface area (Å²) in [6.45, 7) is 3.84. The van der Waals surface area contributed by atoms with Crippen LogP contribution in [0.15, 0.2) is 51.2 Å². The van der Waals surface area contributed by atoms with Gasteiger partial charge in [-0.2, -0.15) is 0 Å². The number of phenols is 2. The predicted molar refractivity (Wildman–Crippen MR) is 110 cm³/mol. The number of rotatable bonds is 4. The molecule has 1 amide bonds. The number of hydrogen-bond acceptors (Lipinski definition) is 6. The monoisotopic (exact) mass is 415 g/mol. The lowest BCUT2D eigenvalue weighted by Crippen LogP contribution is -2.18. The topological polar surface area (TPSA) is 120 Å². The third-order valence-corrected chi connectivity index (χ3v) is 4.64. The highest BCUT2D eigenvalue weighted by atomic mass is 35.5. The first kappa shape index (κ1) is 20.3. The van der Waals surface area contributed by atoms with E-state index in [1.54, 1.807) is 0 Å². The fourth-order valence-corrected chi connectivity index (χ4v) is 2.91. The van der Waals surface area contributed by atoms with Crippen LogP contribution < -0.4 is 10.9 Å². The smallest absolute Gasteiger partial charge is 0.364 e. The van der Waals surface area contributed by atoms with Crippen LogP contribution in [0.5, 0.6) is 17.2 Å². The van der Waals surface area contributed by atoms with Gasteiger partial charge in [0.25, 0.3) is 5.91 Å². The Balaban J connectivity index is 1.98. The second-order valence-electron chi connectivity index (χ2n) is 6.67. The van der Waals surface area contributed by atoms with Gasteiger partial charge in [-0.15, -0.1) is 0 Å². The number of fused-ring (bicyclic) bond motifs is 1. The molecule has 3 rings (SSSR count). The normalized spacial score (nSPS) is 10.7. The number of carbonyl (C=O) groups excluding carboxylic acids is 1. The van der Waals surface area contributed by atoms with E-state index in [9.17, 15) is 24.9 Å². The summed E-state index contributed by atoms with van der Waals surface area (Å²) in [5.41, 5.74) is 0.101. The number of phenolic OH excluding ortho intramolecular Hbond substituents is 2. The zero-order valence-electron chi connectivity index (χ0n) is 15.6. The van der Waals surface area contributed by atoms with E-state index in [2.05, 4.69) is 5.32 Å². The van der Waals surface area contributed by atoms with Crippen molar-refractivity contribution in [3.8, 4) is 17.2 Å². The number of aromatic hydroxyl groups is 3. The maximum Gasteiger partial charge on any atom is 0.364 e. The summed E-state index contributed by atoms with van der Waals surface area (Å²) in [5.74, 6) is -1.47. The maximum absolute atomic E-state index is 12.6. The van der Waals surface area contributed by atoms with Gasteiger partial charge in [-0.1, -0.05) is 23.3 Å². The summed E-state index contributed by atoms with van der Waals surface area (Å²) in [6, 6.07) is 6.81. The second-order valence-corrected chi connectivity index (χ2v) is 7.05. The van der Waals surface area contributed by atoms with Crippen LogP contribution in [0.4, 0.5) is 5.69 Å². The Labute approximate surface area is 170 Å². The Kier molecular flexibility index (Phi) is 5.52. The molecule has 0 unspecified atom stereocenters. The van der Waals surface area contributed by atoms with Crippen LogP contribution in [0.3, 0.4) is 0 Å². The lowest BCUT2D eigenvalue weighted by molar-refractivity contribution is 0.102. The molecule has 7 nitrogen and oxygen atoms in total. The minimum Gasteiger partial charge on any atom is -0.508 e. The van der Waals surface area contributed by atoms with Gasteiger partial charge in [-0.3, -0.25) is 4.79 Å². The van der Waals surface area contributed by atoms with Crippen molar-refractivity contribution in [2.24, 2.45) is 0 Å². The predicted octanol–water partition coefficient (Wildman–Crippen LogP) is 4.32. The minimum atomic E-state index is -1.03. The molecule has 2 aromatic carbocycles. The van der Waals surface area contributed by atoms with Crippen LogP contribution in [0.2, 0.25) is 5.02 Å². The van der Waals surface area contributed by atoms with Crippen LogP contribution in [-0.4, -0.2) is 21.2 Å². The molecule has 0 aliphatic heterocycles. The molecule has 3 aromatic rings. The van der Waals surface area contributed by atoms with E-state index in [4.69, 9.17) is 16.0 Å². The van der Waals surface area contributed by atoms with Gasteiger partial charge in [0.05, 0.1) is 5.39 Å². The Morgan fingerprint density at radius 2 is 1.83 bits per heavy atom. The fourth-order valence-electron chi connectivity index (χ4n) is 2.71. The van der Waals surface area contributed by atoms with Crippen molar-refractivity contribution in [2.45, 2.75) is 20.3 Å². The van der Waals surface area contributed by atoms with Crippen LogP contribution in [0.1, 0.15) is 29.8 Å². The van der Waals surface area contributed by atoms with Gasteiger partial charge in [0.2, 0.25) is 0 Å². The molecule has 150 valence electrons. The first-order valence-electron chi connectivity index (χ1n) is 8.63. The Hall–Kier alpha value is -3.45. The van der Waals surface area contributed by atoms with Crippen molar-refractivity contribution in [2.75, 3.05) is 5.32 Å². The quantitative estimate of drug-likeness (QED) is 0.372. The van der Waals surface area contributed by atoms with E-state index in [-0.39, 0.29) is 33.1 Å². The fraction of sp³-hybridized carbons (Fsp3) is 0.143. The molecule has 1 aromatic heterocycles. The number of anilines is 1. The first-order valence-corrected chi connectivity index (χ1v) is 9.00. The van der Waals surface area contributed by atoms with Gasteiger partial charge >= 0.3 is 5.63 Å². The van der Waals surface area contributed by atoms with E-state index in [0.29, 0.717) is 12.0 Å². The van der Waals surface area contributed by atoms with E-state index in [1.165, 1.54) is 30.3 Å². The number of nitrogens with one attached hydrogen (secondary N) is 1. The molecule has 1 heterocycles. The summed E-state index contributed by atoms with van der Waals surface area (Å²) in [6.07, 6.45) is 2.33. The van der Waals surface area contributed by atoms with Crippen molar-refractivity contribution in [1.29, 1.82) is 0 Å². The van der Waals surface area contributed by atoms with Crippen molar-refractivity contribution >= 4 is 34.2 Å². The summed E-state index contributed by atoms with van der Waals surface area (Å²) in [7, 11) is 0. The largest absolute Gasteiger partial charge is 0.508 e. The number of amides is 1. The van der Waals surface area contributed by atoms with Crippen molar-refractivity contribution in [3.63, 3.8) is 0 Å². The van der Waals surface area contributed by atoms with Gasteiger partial charge in [-0.25, -0.2) is 4.79 Å². The zero-order chi connectivity index (χ0) is 21.3.